The highest BCUT2D eigenvalue weighted by Gasteiger charge is 2.20. The molecule has 1 aliphatic heterocycles. The number of benzene rings is 1. The van der Waals surface area contributed by atoms with Gasteiger partial charge < -0.3 is 19.9 Å². The lowest BCUT2D eigenvalue weighted by atomic mass is 10.0. The molecule has 6 nitrogen and oxygen atoms in total. The predicted molar refractivity (Wildman–Crippen MR) is 101 cm³/mol. The van der Waals surface area contributed by atoms with Crippen molar-refractivity contribution in [1.82, 2.24) is 4.57 Å². The highest BCUT2D eigenvalue weighted by Crippen LogP contribution is 2.27. The minimum absolute atomic E-state index is 0.192. The number of carbonyl (C=O) groups is 1. The van der Waals surface area contributed by atoms with Crippen molar-refractivity contribution >= 4 is 17.3 Å². The van der Waals surface area contributed by atoms with E-state index in [1.54, 1.807) is 12.1 Å². The molecule has 6 heteroatoms. The van der Waals surface area contributed by atoms with Crippen LogP contribution in [0.25, 0.3) is 0 Å². The number of hydrogen-bond donors (Lipinski definition) is 2. The zero-order valence-electron chi connectivity index (χ0n) is 15.1. The number of nitriles is 1. The first-order chi connectivity index (χ1) is 12.5. The molecular weight excluding hydrogens is 328 g/mol. The summed E-state index contributed by atoms with van der Waals surface area (Å²) in [7, 11) is 0. The number of aliphatic hydroxyl groups is 1. The second-order valence-corrected chi connectivity index (χ2v) is 6.91. The minimum Gasteiger partial charge on any atom is -0.393 e. The first kappa shape index (κ1) is 18.0. The Morgan fingerprint density at radius 2 is 2.04 bits per heavy atom. The van der Waals surface area contributed by atoms with Crippen LogP contribution in [0.5, 0.6) is 0 Å². The molecule has 1 fully saturated rings. The van der Waals surface area contributed by atoms with Crippen molar-refractivity contribution in [3.8, 4) is 6.07 Å². The van der Waals surface area contributed by atoms with Gasteiger partial charge in [-0.1, -0.05) is 0 Å². The fraction of sp³-hybridized carbons (Fsp3) is 0.400. The molecule has 2 N–H and O–H groups in total. The summed E-state index contributed by atoms with van der Waals surface area (Å²) < 4.78 is 1.91. The van der Waals surface area contributed by atoms with Gasteiger partial charge in [-0.25, -0.2) is 0 Å². The van der Waals surface area contributed by atoms with Crippen LogP contribution >= 0.6 is 0 Å². The van der Waals surface area contributed by atoms with E-state index in [0.717, 1.165) is 18.8 Å². The van der Waals surface area contributed by atoms with Crippen LogP contribution in [0.1, 0.15) is 48.8 Å². The maximum atomic E-state index is 12.6. The topological polar surface area (TPSA) is 81.3 Å². The van der Waals surface area contributed by atoms with Gasteiger partial charge in [0, 0.05) is 31.0 Å². The highest BCUT2D eigenvalue weighted by molar-refractivity contribution is 6.03. The maximum Gasteiger partial charge on any atom is 0.272 e. The number of aromatic nitrogens is 1. The van der Waals surface area contributed by atoms with Gasteiger partial charge in [-0.2, -0.15) is 5.26 Å². The molecule has 136 valence electrons. The zero-order chi connectivity index (χ0) is 18.7. The van der Waals surface area contributed by atoms with E-state index >= 15 is 0 Å². The summed E-state index contributed by atoms with van der Waals surface area (Å²) in [5.41, 5.74) is 2.57. The molecule has 0 spiro atoms. The van der Waals surface area contributed by atoms with Crippen LogP contribution in [-0.4, -0.2) is 34.8 Å². The summed E-state index contributed by atoms with van der Waals surface area (Å²) in [4.78, 5) is 14.7. The van der Waals surface area contributed by atoms with E-state index in [9.17, 15) is 15.2 Å². The first-order valence-corrected chi connectivity index (χ1v) is 8.95. The SMILES string of the molecule is CC(C)n1cccc1C(=O)Nc1ccc(N2CCC(O)CC2)c(C#N)c1. The number of hydrogen-bond acceptors (Lipinski definition) is 4. The van der Waals surface area contributed by atoms with Gasteiger partial charge in [-0.15, -0.1) is 0 Å². The van der Waals surface area contributed by atoms with Crippen molar-refractivity contribution in [2.24, 2.45) is 0 Å². The molecule has 0 radical (unpaired) electrons. The lowest BCUT2D eigenvalue weighted by Crippen LogP contribution is -2.36. The molecule has 1 aliphatic rings. The fourth-order valence-corrected chi connectivity index (χ4v) is 3.32. The lowest BCUT2D eigenvalue weighted by Gasteiger charge is -2.32. The molecule has 1 amide bonds. The van der Waals surface area contributed by atoms with E-state index < -0.39 is 0 Å². The van der Waals surface area contributed by atoms with E-state index in [1.807, 2.05) is 42.8 Å². The van der Waals surface area contributed by atoms with Crippen molar-refractivity contribution in [3.05, 3.63) is 47.8 Å². The smallest absolute Gasteiger partial charge is 0.272 e. The second kappa shape index (κ2) is 7.63. The van der Waals surface area contributed by atoms with Gasteiger partial charge in [0.2, 0.25) is 0 Å². The summed E-state index contributed by atoms with van der Waals surface area (Å²) >= 11 is 0. The number of piperidine rings is 1. The molecule has 1 saturated heterocycles. The molecule has 0 saturated carbocycles. The summed E-state index contributed by atoms with van der Waals surface area (Å²) in [5.74, 6) is -0.193. The van der Waals surface area contributed by atoms with Crippen molar-refractivity contribution in [1.29, 1.82) is 5.26 Å². The largest absolute Gasteiger partial charge is 0.393 e. The number of aliphatic hydroxyl groups excluding tert-OH is 1. The Hall–Kier alpha value is -2.78. The summed E-state index contributed by atoms with van der Waals surface area (Å²) in [5, 5.41) is 22.1. The van der Waals surface area contributed by atoms with Crippen LogP contribution in [-0.2, 0) is 0 Å². The van der Waals surface area contributed by atoms with Crippen LogP contribution < -0.4 is 10.2 Å². The third-order valence-electron chi connectivity index (χ3n) is 4.75. The molecule has 0 bridgehead atoms. The third-order valence-corrected chi connectivity index (χ3v) is 4.75. The number of rotatable bonds is 4. The van der Waals surface area contributed by atoms with Crippen LogP contribution in [0.15, 0.2) is 36.5 Å². The number of nitrogens with one attached hydrogen (secondary N) is 1. The fourth-order valence-electron chi connectivity index (χ4n) is 3.32. The van der Waals surface area contributed by atoms with Crippen LogP contribution in [0.2, 0.25) is 0 Å². The van der Waals surface area contributed by atoms with Crippen molar-refractivity contribution in [2.75, 3.05) is 23.3 Å². The zero-order valence-corrected chi connectivity index (χ0v) is 15.1. The lowest BCUT2D eigenvalue weighted by molar-refractivity contribution is 0.101. The second-order valence-electron chi connectivity index (χ2n) is 6.91. The highest BCUT2D eigenvalue weighted by atomic mass is 16.3. The van der Waals surface area contributed by atoms with Crippen LogP contribution in [0, 0.1) is 11.3 Å². The molecule has 0 aliphatic carbocycles. The molecule has 1 aromatic carbocycles. The average molecular weight is 352 g/mol. The Bertz CT molecular complexity index is 827. The standard InChI is InChI=1S/C20H24N4O2/c1-14(2)24-9-3-4-19(24)20(26)22-16-5-6-18(15(12-16)13-21)23-10-7-17(25)8-11-23/h3-6,9,12,14,17,25H,7-8,10-11H2,1-2H3,(H,22,26). The van der Waals surface area contributed by atoms with Gasteiger partial charge in [0.1, 0.15) is 11.8 Å². The number of carbonyl (C=O) groups excluding carboxylic acids is 1. The Morgan fingerprint density at radius 3 is 2.69 bits per heavy atom. The van der Waals surface area contributed by atoms with E-state index in [4.69, 9.17) is 0 Å². The van der Waals surface area contributed by atoms with Gasteiger partial charge in [-0.3, -0.25) is 4.79 Å². The van der Waals surface area contributed by atoms with Gasteiger partial charge >= 0.3 is 0 Å². The molecular formula is C20H24N4O2. The Morgan fingerprint density at radius 1 is 1.31 bits per heavy atom. The van der Waals surface area contributed by atoms with E-state index in [0.29, 0.717) is 29.8 Å². The number of nitrogens with zero attached hydrogens (tertiary/aromatic N) is 3. The predicted octanol–water partition coefficient (Wildman–Crippen LogP) is 3.15. The van der Waals surface area contributed by atoms with Crippen molar-refractivity contribution in [2.45, 2.75) is 38.8 Å². The van der Waals surface area contributed by atoms with Gasteiger partial charge in [-0.05, 0) is 57.0 Å². The normalized spacial score (nSPS) is 15.1. The summed E-state index contributed by atoms with van der Waals surface area (Å²) in [6, 6.07) is 11.4. The van der Waals surface area contributed by atoms with Gasteiger partial charge in [0.15, 0.2) is 0 Å². The Labute approximate surface area is 153 Å². The van der Waals surface area contributed by atoms with E-state index in [2.05, 4.69) is 16.3 Å². The monoisotopic (exact) mass is 352 g/mol. The van der Waals surface area contributed by atoms with Crippen LogP contribution in [0.4, 0.5) is 11.4 Å². The van der Waals surface area contributed by atoms with Crippen molar-refractivity contribution in [3.63, 3.8) is 0 Å². The van der Waals surface area contributed by atoms with Gasteiger partial charge in [0.25, 0.3) is 5.91 Å². The average Bonchev–Trinajstić information content (AvgIpc) is 3.13. The first-order valence-electron chi connectivity index (χ1n) is 8.95. The van der Waals surface area contributed by atoms with Crippen LogP contribution in [0.3, 0.4) is 0 Å². The number of anilines is 2. The molecule has 26 heavy (non-hydrogen) atoms. The molecule has 2 heterocycles. The number of amides is 1. The molecule has 0 atom stereocenters. The van der Waals surface area contributed by atoms with E-state index in [1.165, 1.54) is 0 Å². The minimum atomic E-state index is -0.257. The molecule has 1 aromatic heterocycles. The Kier molecular flexibility index (Phi) is 5.29. The quantitative estimate of drug-likeness (QED) is 0.886. The van der Waals surface area contributed by atoms with Gasteiger partial charge in [0.05, 0.1) is 17.4 Å². The third kappa shape index (κ3) is 3.73. The molecule has 0 unspecified atom stereocenters. The maximum absolute atomic E-state index is 12.6. The summed E-state index contributed by atoms with van der Waals surface area (Å²) in [6.45, 7) is 5.50. The molecule has 2 aromatic rings. The van der Waals surface area contributed by atoms with E-state index in [-0.39, 0.29) is 18.1 Å². The van der Waals surface area contributed by atoms with Crippen molar-refractivity contribution < 1.29 is 9.90 Å². The Balaban J connectivity index is 1.78. The molecule has 3 rings (SSSR count). The summed E-state index contributed by atoms with van der Waals surface area (Å²) in [6.07, 6.45) is 3.03.